The van der Waals surface area contributed by atoms with Crippen LogP contribution in [-0.2, 0) is 7.05 Å². The van der Waals surface area contributed by atoms with Gasteiger partial charge in [0.05, 0.1) is 11.3 Å². The number of rotatable bonds is 1. The summed E-state index contributed by atoms with van der Waals surface area (Å²) in [5.41, 5.74) is 1.86. The molecular formula is C9H8Br2N4. The summed E-state index contributed by atoms with van der Waals surface area (Å²) < 4.78 is 3.26. The van der Waals surface area contributed by atoms with Gasteiger partial charge in [-0.15, -0.1) is 0 Å². The molecule has 0 unspecified atom stereocenters. The van der Waals surface area contributed by atoms with Gasteiger partial charge in [-0.05, 0) is 38.8 Å². The average molecular weight is 332 g/mol. The van der Waals surface area contributed by atoms with E-state index in [1.807, 2.05) is 20.2 Å². The summed E-state index contributed by atoms with van der Waals surface area (Å²) in [5.74, 6) is 0.668. The van der Waals surface area contributed by atoms with E-state index in [0.29, 0.717) is 5.82 Å². The summed E-state index contributed by atoms with van der Waals surface area (Å²) >= 11 is 6.67. The molecule has 0 N–H and O–H groups in total. The molecule has 0 amide bonds. The maximum Gasteiger partial charge on any atom is 0.165 e. The predicted molar refractivity (Wildman–Crippen MR) is 64.4 cm³/mol. The Bertz CT molecular complexity index is 487. The smallest absolute Gasteiger partial charge is 0.165 e. The Labute approximate surface area is 104 Å². The molecule has 0 fully saturated rings. The summed E-state index contributed by atoms with van der Waals surface area (Å²) in [7, 11) is 1.88. The molecule has 2 aromatic heterocycles. The molecule has 4 nitrogen and oxygen atoms in total. The minimum atomic E-state index is 0.668. The lowest BCUT2D eigenvalue weighted by atomic mass is 10.2. The zero-order chi connectivity index (χ0) is 11.0. The van der Waals surface area contributed by atoms with Crippen LogP contribution in [-0.4, -0.2) is 19.7 Å². The molecule has 2 heterocycles. The first-order valence-corrected chi connectivity index (χ1v) is 5.85. The van der Waals surface area contributed by atoms with Crippen LogP contribution >= 0.6 is 31.9 Å². The van der Waals surface area contributed by atoms with Crippen LogP contribution < -0.4 is 0 Å². The minimum absolute atomic E-state index is 0.668. The van der Waals surface area contributed by atoms with Gasteiger partial charge in [0.15, 0.2) is 5.82 Å². The van der Waals surface area contributed by atoms with Crippen LogP contribution in [0.15, 0.2) is 21.5 Å². The fraction of sp³-hybridized carbons (Fsp3) is 0.222. The van der Waals surface area contributed by atoms with Crippen LogP contribution in [0, 0.1) is 6.92 Å². The third-order valence-corrected chi connectivity index (χ3v) is 2.73. The van der Waals surface area contributed by atoms with E-state index < -0.39 is 0 Å². The van der Waals surface area contributed by atoms with Crippen molar-refractivity contribution in [1.29, 1.82) is 0 Å². The summed E-state index contributed by atoms with van der Waals surface area (Å²) in [6, 6.07) is 1.80. The number of hydrogen-bond acceptors (Lipinski definition) is 3. The van der Waals surface area contributed by atoms with E-state index in [2.05, 4.69) is 46.9 Å². The van der Waals surface area contributed by atoms with E-state index >= 15 is 0 Å². The third-order valence-electron chi connectivity index (χ3n) is 1.92. The molecule has 78 valence electrons. The highest BCUT2D eigenvalue weighted by molar-refractivity contribution is 9.11. The Morgan fingerprint density at radius 3 is 2.27 bits per heavy atom. The highest BCUT2D eigenvalue weighted by Crippen LogP contribution is 2.22. The van der Waals surface area contributed by atoms with Gasteiger partial charge in [-0.3, -0.25) is 4.68 Å². The van der Waals surface area contributed by atoms with E-state index in [0.717, 1.165) is 20.5 Å². The predicted octanol–water partition coefficient (Wildman–Crippen LogP) is 2.71. The van der Waals surface area contributed by atoms with Gasteiger partial charge in [-0.1, -0.05) is 0 Å². The number of hydrogen-bond donors (Lipinski definition) is 0. The molecule has 0 saturated carbocycles. The van der Waals surface area contributed by atoms with Gasteiger partial charge in [0.25, 0.3) is 0 Å². The van der Waals surface area contributed by atoms with Gasteiger partial charge in [0.2, 0.25) is 0 Å². The van der Waals surface area contributed by atoms with Gasteiger partial charge in [0, 0.05) is 19.3 Å². The summed E-state index contributed by atoms with van der Waals surface area (Å²) in [4.78, 5) is 8.60. The van der Waals surface area contributed by atoms with Crippen molar-refractivity contribution in [3.05, 3.63) is 27.2 Å². The average Bonchev–Trinajstić information content (AvgIpc) is 2.43. The first-order chi connectivity index (χ1) is 7.06. The Balaban J connectivity index is 2.58. The quantitative estimate of drug-likeness (QED) is 0.755. The highest BCUT2D eigenvalue weighted by Gasteiger charge is 2.10. The van der Waals surface area contributed by atoms with E-state index in [1.165, 1.54) is 0 Å². The van der Waals surface area contributed by atoms with Crippen LogP contribution in [0.2, 0.25) is 0 Å². The largest absolute Gasteiger partial charge is 0.275 e. The van der Waals surface area contributed by atoms with Crippen molar-refractivity contribution in [2.45, 2.75) is 6.92 Å². The number of aromatic nitrogens is 4. The molecule has 0 aromatic carbocycles. The second kappa shape index (κ2) is 4.02. The van der Waals surface area contributed by atoms with Crippen LogP contribution in [0.5, 0.6) is 0 Å². The summed E-state index contributed by atoms with van der Waals surface area (Å²) in [6.45, 7) is 1.94. The van der Waals surface area contributed by atoms with Gasteiger partial charge in [-0.2, -0.15) is 5.10 Å². The fourth-order valence-corrected chi connectivity index (χ4v) is 2.41. The maximum atomic E-state index is 4.30. The van der Waals surface area contributed by atoms with E-state index in [4.69, 9.17) is 0 Å². The minimum Gasteiger partial charge on any atom is -0.275 e. The number of aryl methyl sites for hydroxylation is 2. The fourth-order valence-electron chi connectivity index (χ4n) is 1.33. The van der Waals surface area contributed by atoms with E-state index in [-0.39, 0.29) is 0 Å². The van der Waals surface area contributed by atoms with Gasteiger partial charge in [-0.25, -0.2) is 9.97 Å². The number of nitrogens with zero attached hydrogens (tertiary/aromatic N) is 4. The Kier molecular flexibility index (Phi) is 2.88. The molecule has 0 aliphatic rings. The first-order valence-electron chi connectivity index (χ1n) is 4.27. The molecule has 2 rings (SSSR count). The molecular weight excluding hydrogens is 324 g/mol. The molecule has 0 aliphatic carbocycles. The highest BCUT2D eigenvalue weighted by atomic mass is 79.9. The lowest BCUT2D eigenvalue weighted by Crippen LogP contribution is -1.90. The van der Waals surface area contributed by atoms with Gasteiger partial charge < -0.3 is 0 Å². The van der Waals surface area contributed by atoms with Crippen molar-refractivity contribution in [3.63, 3.8) is 0 Å². The van der Waals surface area contributed by atoms with Crippen LogP contribution in [0.1, 0.15) is 5.69 Å². The molecule has 0 radical (unpaired) electrons. The van der Waals surface area contributed by atoms with Crippen molar-refractivity contribution >= 4 is 31.9 Å². The molecule has 2 aromatic rings. The van der Waals surface area contributed by atoms with Gasteiger partial charge in [0.1, 0.15) is 9.21 Å². The Morgan fingerprint density at radius 1 is 1.20 bits per heavy atom. The molecule has 0 bridgehead atoms. The second-order valence-electron chi connectivity index (χ2n) is 3.14. The van der Waals surface area contributed by atoms with Crippen molar-refractivity contribution in [1.82, 2.24) is 19.7 Å². The third kappa shape index (κ3) is 2.26. The Morgan fingerprint density at radius 2 is 1.80 bits per heavy atom. The van der Waals surface area contributed by atoms with E-state index in [1.54, 1.807) is 10.7 Å². The second-order valence-corrected chi connectivity index (χ2v) is 4.76. The zero-order valence-electron chi connectivity index (χ0n) is 8.20. The normalized spacial score (nSPS) is 10.7. The summed E-state index contributed by atoms with van der Waals surface area (Å²) in [5, 5.41) is 4.25. The van der Waals surface area contributed by atoms with Crippen LogP contribution in [0.4, 0.5) is 0 Å². The SMILES string of the molecule is Cc1nn(C)cc1-c1nc(Br)cc(Br)n1. The van der Waals surface area contributed by atoms with Crippen molar-refractivity contribution in [2.75, 3.05) is 0 Å². The molecule has 15 heavy (non-hydrogen) atoms. The Hall–Kier alpha value is -0.750. The van der Waals surface area contributed by atoms with Crippen molar-refractivity contribution < 1.29 is 0 Å². The van der Waals surface area contributed by atoms with E-state index in [9.17, 15) is 0 Å². The topological polar surface area (TPSA) is 43.6 Å². The lowest BCUT2D eigenvalue weighted by Gasteiger charge is -1.99. The maximum absolute atomic E-state index is 4.30. The molecule has 6 heteroatoms. The number of halogens is 2. The molecule has 0 atom stereocenters. The standard InChI is InChI=1S/C9H8Br2N4/c1-5-6(4-15(2)14-5)9-12-7(10)3-8(11)13-9/h3-4H,1-2H3. The van der Waals surface area contributed by atoms with Crippen molar-refractivity contribution in [2.24, 2.45) is 7.05 Å². The zero-order valence-corrected chi connectivity index (χ0v) is 11.4. The molecule has 0 spiro atoms. The monoisotopic (exact) mass is 330 g/mol. The van der Waals surface area contributed by atoms with Crippen LogP contribution in [0.3, 0.4) is 0 Å². The lowest BCUT2D eigenvalue weighted by molar-refractivity contribution is 0.756. The molecule has 0 aliphatic heterocycles. The molecule has 0 saturated heterocycles. The van der Waals surface area contributed by atoms with Crippen LogP contribution in [0.25, 0.3) is 11.4 Å². The first kappa shape index (κ1) is 10.8. The van der Waals surface area contributed by atoms with Gasteiger partial charge >= 0.3 is 0 Å². The van der Waals surface area contributed by atoms with Crippen molar-refractivity contribution in [3.8, 4) is 11.4 Å². The summed E-state index contributed by atoms with van der Waals surface area (Å²) in [6.07, 6.45) is 1.91.